The quantitative estimate of drug-likeness (QED) is 0.632. The van der Waals surface area contributed by atoms with Crippen molar-refractivity contribution >= 4 is 15.9 Å². The van der Waals surface area contributed by atoms with Crippen molar-refractivity contribution in [3.63, 3.8) is 0 Å². The lowest BCUT2D eigenvalue weighted by Crippen LogP contribution is -2.29. The average molecular weight is 333 g/mol. The van der Waals surface area contributed by atoms with Gasteiger partial charge in [0, 0.05) is 10.5 Å². The molecule has 0 aromatic heterocycles. The Morgan fingerprint density at radius 2 is 1.50 bits per heavy atom. The molecule has 0 bridgehead atoms. The summed E-state index contributed by atoms with van der Waals surface area (Å²) in [7, 11) is 0. The second-order valence-electron chi connectivity index (χ2n) is 5.37. The lowest BCUT2D eigenvalue weighted by atomic mass is 9.96. The number of hydrogen-bond donors (Lipinski definition) is 2. The first-order valence-electron chi connectivity index (χ1n) is 6.90. The lowest BCUT2D eigenvalue weighted by Gasteiger charge is -2.17. The van der Waals surface area contributed by atoms with Crippen molar-refractivity contribution in [3.05, 3.63) is 69.7 Å². The molecule has 2 aromatic carbocycles. The van der Waals surface area contributed by atoms with Gasteiger partial charge in [0.05, 0.1) is 0 Å². The van der Waals surface area contributed by atoms with Crippen molar-refractivity contribution in [2.45, 2.75) is 32.2 Å². The van der Waals surface area contributed by atoms with Crippen molar-refractivity contribution in [2.24, 2.45) is 5.84 Å². The molecule has 3 N–H and O–H groups in total. The van der Waals surface area contributed by atoms with Crippen LogP contribution in [0.3, 0.4) is 0 Å². The van der Waals surface area contributed by atoms with E-state index in [2.05, 4.69) is 71.6 Å². The number of hydrazine groups is 1. The topological polar surface area (TPSA) is 38.0 Å². The standard InChI is InChI=1S/C17H21BrN2/c1-12(2)14-5-3-13(4-6-14)11-17(20-19)15-7-9-16(18)10-8-15/h3-10,12,17,20H,11,19H2,1-2H3. The summed E-state index contributed by atoms with van der Waals surface area (Å²) in [6, 6.07) is 17.2. The third-order valence-electron chi connectivity index (χ3n) is 3.56. The molecule has 0 spiro atoms. The summed E-state index contributed by atoms with van der Waals surface area (Å²) < 4.78 is 1.08. The molecule has 0 fully saturated rings. The molecule has 2 aromatic rings. The van der Waals surface area contributed by atoms with Crippen LogP contribution in [-0.4, -0.2) is 0 Å². The van der Waals surface area contributed by atoms with Crippen molar-refractivity contribution in [2.75, 3.05) is 0 Å². The normalized spacial score (nSPS) is 12.7. The van der Waals surface area contributed by atoms with E-state index in [1.54, 1.807) is 0 Å². The fraction of sp³-hybridized carbons (Fsp3) is 0.294. The zero-order valence-corrected chi connectivity index (χ0v) is 13.5. The molecule has 0 heterocycles. The highest BCUT2D eigenvalue weighted by Crippen LogP contribution is 2.21. The van der Waals surface area contributed by atoms with Gasteiger partial charge >= 0.3 is 0 Å². The Bertz CT molecular complexity index is 532. The Kier molecular flexibility index (Phi) is 5.35. The van der Waals surface area contributed by atoms with Crippen LogP contribution in [0.4, 0.5) is 0 Å². The number of nitrogens with one attached hydrogen (secondary N) is 1. The van der Waals surface area contributed by atoms with Gasteiger partial charge < -0.3 is 0 Å². The summed E-state index contributed by atoms with van der Waals surface area (Å²) in [5, 5.41) is 0. The molecule has 0 saturated heterocycles. The molecule has 0 aliphatic heterocycles. The number of rotatable bonds is 5. The fourth-order valence-corrected chi connectivity index (χ4v) is 2.51. The third-order valence-corrected chi connectivity index (χ3v) is 4.09. The monoisotopic (exact) mass is 332 g/mol. The second-order valence-corrected chi connectivity index (χ2v) is 6.29. The lowest BCUT2D eigenvalue weighted by molar-refractivity contribution is 0.552. The molecule has 0 amide bonds. The van der Waals surface area contributed by atoms with E-state index in [1.165, 1.54) is 16.7 Å². The minimum atomic E-state index is 0.132. The first kappa shape index (κ1) is 15.2. The first-order chi connectivity index (χ1) is 9.60. The van der Waals surface area contributed by atoms with E-state index in [1.807, 2.05) is 12.1 Å². The maximum Gasteiger partial charge on any atom is 0.0500 e. The van der Waals surface area contributed by atoms with E-state index < -0.39 is 0 Å². The molecule has 3 heteroatoms. The van der Waals surface area contributed by atoms with Gasteiger partial charge in [-0.3, -0.25) is 11.3 Å². The van der Waals surface area contributed by atoms with Gasteiger partial charge in [0.15, 0.2) is 0 Å². The number of nitrogens with two attached hydrogens (primary N) is 1. The van der Waals surface area contributed by atoms with Crippen LogP contribution >= 0.6 is 15.9 Å². The Hall–Kier alpha value is -1.16. The van der Waals surface area contributed by atoms with Crippen LogP contribution in [0.25, 0.3) is 0 Å². The summed E-state index contributed by atoms with van der Waals surface area (Å²) >= 11 is 3.45. The van der Waals surface area contributed by atoms with Crippen LogP contribution in [-0.2, 0) is 6.42 Å². The predicted molar refractivity (Wildman–Crippen MR) is 88.4 cm³/mol. The van der Waals surface area contributed by atoms with E-state index in [0.29, 0.717) is 5.92 Å². The van der Waals surface area contributed by atoms with Crippen LogP contribution in [0, 0.1) is 0 Å². The highest BCUT2D eigenvalue weighted by atomic mass is 79.9. The molecule has 0 radical (unpaired) electrons. The molecule has 0 aliphatic carbocycles. The average Bonchev–Trinajstić information content (AvgIpc) is 2.46. The molecule has 2 nitrogen and oxygen atoms in total. The van der Waals surface area contributed by atoms with Crippen LogP contribution in [0.1, 0.15) is 42.5 Å². The van der Waals surface area contributed by atoms with Gasteiger partial charge in [-0.2, -0.15) is 0 Å². The largest absolute Gasteiger partial charge is 0.271 e. The first-order valence-corrected chi connectivity index (χ1v) is 7.70. The molecular formula is C17H21BrN2. The predicted octanol–water partition coefficient (Wildman–Crippen LogP) is 4.32. The van der Waals surface area contributed by atoms with Crippen molar-refractivity contribution in [3.8, 4) is 0 Å². The Labute approximate surface area is 129 Å². The molecule has 0 aliphatic rings. The van der Waals surface area contributed by atoms with E-state index in [4.69, 9.17) is 5.84 Å². The molecule has 2 rings (SSSR count). The van der Waals surface area contributed by atoms with Gasteiger partial charge in [-0.15, -0.1) is 0 Å². The zero-order chi connectivity index (χ0) is 14.5. The third kappa shape index (κ3) is 3.92. The van der Waals surface area contributed by atoms with E-state index in [0.717, 1.165) is 10.9 Å². The van der Waals surface area contributed by atoms with Crippen LogP contribution in [0.5, 0.6) is 0 Å². The maximum absolute atomic E-state index is 5.71. The van der Waals surface area contributed by atoms with Crippen LogP contribution in [0.15, 0.2) is 53.0 Å². The molecular weight excluding hydrogens is 312 g/mol. The van der Waals surface area contributed by atoms with Gasteiger partial charge in [-0.1, -0.05) is 66.2 Å². The van der Waals surface area contributed by atoms with Gasteiger partial charge in [-0.25, -0.2) is 0 Å². The molecule has 20 heavy (non-hydrogen) atoms. The Balaban J connectivity index is 2.11. The van der Waals surface area contributed by atoms with Crippen molar-refractivity contribution in [1.29, 1.82) is 0 Å². The summed E-state index contributed by atoms with van der Waals surface area (Å²) in [5.41, 5.74) is 6.77. The van der Waals surface area contributed by atoms with Crippen molar-refractivity contribution in [1.82, 2.24) is 5.43 Å². The number of hydrogen-bond acceptors (Lipinski definition) is 2. The molecule has 1 unspecified atom stereocenters. The Morgan fingerprint density at radius 3 is 2.00 bits per heavy atom. The fourth-order valence-electron chi connectivity index (χ4n) is 2.24. The van der Waals surface area contributed by atoms with Crippen LogP contribution < -0.4 is 11.3 Å². The smallest absolute Gasteiger partial charge is 0.0500 e. The SMILES string of the molecule is CC(C)c1ccc(CC(NN)c2ccc(Br)cc2)cc1. The zero-order valence-electron chi connectivity index (χ0n) is 11.9. The molecule has 0 saturated carbocycles. The van der Waals surface area contributed by atoms with Gasteiger partial charge in [0.1, 0.15) is 0 Å². The minimum absolute atomic E-state index is 0.132. The van der Waals surface area contributed by atoms with E-state index in [9.17, 15) is 0 Å². The Morgan fingerprint density at radius 1 is 0.950 bits per heavy atom. The van der Waals surface area contributed by atoms with Gasteiger partial charge in [0.2, 0.25) is 0 Å². The summed E-state index contributed by atoms with van der Waals surface area (Å²) in [6.45, 7) is 4.42. The van der Waals surface area contributed by atoms with E-state index >= 15 is 0 Å². The number of benzene rings is 2. The summed E-state index contributed by atoms with van der Waals surface area (Å²) in [6.07, 6.45) is 0.885. The van der Waals surface area contributed by atoms with Crippen LogP contribution in [0.2, 0.25) is 0 Å². The number of halogens is 1. The second kappa shape index (κ2) is 7.02. The van der Waals surface area contributed by atoms with Gasteiger partial charge in [0.25, 0.3) is 0 Å². The van der Waals surface area contributed by atoms with E-state index in [-0.39, 0.29) is 6.04 Å². The maximum atomic E-state index is 5.71. The highest BCUT2D eigenvalue weighted by molar-refractivity contribution is 9.10. The van der Waals surface area contributed by atoms with Crippen molar-refractivity contribution < 1.29 is 0 Å². The summed E-state index contributed by atoms with van der Waals surface area (Å²) in [4.78, 5) is 0. The molecule has 1 atom stereocenters. The minimum Gasteiger partial charge on any atom is -0.271 e. The summed E-state index contributed by atoms with van der Waals surface area (Å²) in [5.74, 6) is 6.28. The van der Waals surface area contributed by atoms with Gasteiger partial charge in [-0.05, 0) is 41.2 Å². The molecule has 106 valence electrons. The highest BCUT2D eigenvalue weighted by Gasteiger charge is 2.10.